The van der Waals surface area contributed by atoms with Gasteiger partial charge in [-0.25, -0.2) is 4.98 Å². The van der Waals surface area contributed by atoms with Gasteiger partial charge in [-0.05, 0) is 45.0 Å². The van der Waals surface area contributed by atoms with Crippen LogP contribution in [0.3, 0.4) is 0 Å². The summed E-state index contributed by atoms with van der Waals surface area (Å²) in [6.07, 6.45) is 9.49. The zero-order valence-corrected chi connectivity index (χ0v) is 14.7. The Morgan fingerprint density at radius 2 is 1.84 bits per heavy atom. The largest absolute Gasteiger partial charge is 0.330 e. The first-order chi connectivity index (χ1) is 12.3. The average molecular weight is 332 g/mol. The molecule has 3 heterocycles. The molecule has 25 heavy (non-hydrogen) atoms. The fraction of sp³-hybridized carbons (Fsp3) is 0.333. The van der Waals surface area contributed by atoms with Gasteiger partial charge in [0.05, 0.1) is 17.7 Å². The number of rotatable bonds is 5. The van der Waals surface area contributed by atoms with Crippen molar-refractivity contribution >= 4 is 0 Å². The van der Waals surface area contributed by atoms with Crippen LogP contribution in [-0.2, 0) is 6.54 Å². The lowest BCUT2D eigenvalue weighted by atomic mass is 10.1. The Bertz CT molecular complexity index is 810. The van der Waals surface area contributed by atoms with Crippen LogP contribution in [0.1, 0.15) is 19.3 Å². The summed E-state index contributed by atoms with van der Waals surface area (Å²) < 4.78 is 2.31. The summed E-state index contributed by atoms with van der Waals surface area (Å²) >= 11 is 0. The van der Waals surface area contributed by atoms with Crippen molar-refractivity contribution in [3.63, 3.8) is 0 Å². The van der Waals surface area contributed by atoms with Crippen molar-refractivity contribution in [3.05, 3.63) is 61.2 Å². The van der Waals surface area contributed by atoms with E-state index in [2.05, 4.69) is 57.9 Å². The molecule has 1 atom stereocenters. The molecule has 4 nitrogen and oxygen atoms in total. The molecule has 4 heteroatoms. The predicted octanol–water partition coefficient (Wildman–Crippen LogP) is 4.10. The minimum atomic E-state index is 0.688. The first-order valence-electron chi connectivity index (χ1n) is 9.04. The number of imidazole rings is 1. The number of aryl methyl sites for hydroxylation is 1. The van der Waals surface area contributed by atoms with Crippen molar-refractivity contribution in [1.29, 1.82) is 0 Å². The molecule has 3 aromatic rings. The van der Waals surface area contributed by atoms with Crippen LogP contribution in [0.5, 0.6) is 0 Å². The van der Waals surface area contributed by atoms with E-state index in [1.165, 1.54) is 37.1 Å². The van der Waals surface area contributed by atoms with Gasteiger partial charge in [0, 0.05) is 36.1 Å². The molecule has 2 aromatic heterocycles. The number of hydrogen-bond acceptors (Lipinski definition) is 3. The van der Waals surface area contributed by atoms with E-state index < -0.39 is 0 Å². The monoisotopic (exact) mass is 332 g/mol. The van der Waals surface area contributed by atoms with Gasteiger partial charge in [-0.1, -0.05) is 30.3 Å². The summed E-state index contributed by atoms with van der Waals surface area (Å²) in [4.78, 5) is 11.4. The molecular formula is C21H24N4. The van der Waals surface area contributed by atoms with Crippen LogP contribution in [0.15, 0.2) is 61.2 Å². The lowest BCUT2D eigenvalue weighted by Crippen LogP contribution is -2.26. The quantitative estimate of drug-likeness (QED) is 0.705. The van der Waals surface area contributed by atoms with Crippen LogP contribution in [0.4, 0.5) is 0 Å². The van der Waals surface area contributed by atoms with Gasteiger partial charge in [0.2, 0.25) is 0 Å². The van der Waals surface area contributed by atoms with E-state index in [1.54, 1.807) is 0 Å². The van der Waals surface area contributed by atoms with Crippen LogP contribution in [0.2, 0.25) is 0 Å². The molecule has 0 bridgehead atoms. The smallest absolute Gasteiger partial charge is 0.0963 e. The van der Waals surface area contributed by atoms with Gasteiger partial charge < -0.3 is 9.47 Å². The fourth-order valence-corrected chi connectivity index (χ4v) is 3.80. The number of likely N-dealkylation sites (tertiary alicyclic amines) is 1. The van der Waals surface area contributed by atoms with Crippen LogP contribution in [-0.4, -0.2) is 39.1 Å². The highest BCUT2D eigenvalue weighted by Crippen LogP contribution is 2.31. The van der Waals surface area contributed by atoms with Crippen molar-refractivity contribution in [2.75, 3.05) is 13.6 Å². The molecule has 1 aromatic carbocycles. The van der Waals surface area contributed by atoms with Gasteiger partial charge in [-0.15, -0.1) is 0 Å². The second-order valence-corrected chi connectivity index (χ2v) is 6.80. The third kappa shape index (κ3) is 3.35. The van der Waals surface area contributed by atoms with E-state index in [0.717, 1.165) is 17.8 Å². The molecule has 1 fully saturated rings. The van der Waals surface area contributed by atoms with Gasteiger partial charge in [0.25, 0.3) is 0 Å². The lowest BCUT2D eigenvalue weighted by molar-refractivity contribution is 0.286. The summed E-state index contributed by atoms with van der Waals surface area (Å²) in [6.45, 7) is 2.22. The molecule has 1 aliphatic rings. The number of pyridine rings is 1. The highest BCUT2D eigenvalue weighted by atomic mass is 15.2. The fourth-order valence-electron chi connectivity index (χ4n) is 3.80. The van der Waals surface area contributed by atoms with Crippen molar-refractivity contribution in [3.8, 4) is 22.5 Å². The maximum Gasteiger partial charge on any atom is 0.0963 e. The first kappa shape index (κ1) is 16.0. The van der Waals surface area contributed by atoms with Crippen molar-refractivity contribution in [1.82, 2.24) is 19.4 Å². The average Bonchev–Trinajstić information content (AvgIpc) is 3.27. The summed E-state index contributed by atoms with van der Waals surface area (Å²) in [7, 11) is 2.24. The molecule has 4 rings (SSSR count). The van der Waals surface area contributed by atoms with Crippen molar-refractivity contribution in [2.24, 2.45) is 0 Å². The molecule has 128 valence electrons. The zero-order valence-electron chi connectivity index (χ0n) is 14.7. The first-order valence-corrected chi connectivity index (χ1v) is 9.04. The predicted molar refractivity (Wildman–Crippen MR) is 101 cm³/mol. The third-order valence-corrected chi connectivity index (χ3v) is 5.21. The second-order valence-electron chi connectivity index (χ2n) is 6.80. The number of benzene rings is 1. The van der Waals surface area contributed by atoms with E-state index in [9.17, 15) is 0 Å². The molecular weight excluding hydrogens is 308 g/mol. The Hall–Kier alpha value is -2.46. The molecule has 0 N–H and O–H groups in total. The van der Waals surface area contributed by atoms with E-state index in [1.807, 2.05) is 24.8 Å². The van der Waals surface area contributed by atoms with E-state index >= 15 is 0 Å². The highest BCUT2D eigenvalue weighted by molar-refractivity contribution is 5.78. The molecule has 0 amide bonds. The Labute approximate surface area is 149 Å². The standard InChI is InChI=1S/C21H24N4/c1-24-14-5-8-19(24)11-15-25-16-23-20(17-6-3-2-4-7-17)21(25)18-9-12-22-13-10-18/h2-4,6-7,9-10,12-13,16,19H,5,8,11,14-15H2,1H3. The van der Waals surface area contributed by atoms with Crippen LogP contribution in [0.25, 0.3) is 22.5 Å². The second kappa shape index (κ2) is 7.19. The van der Waals surface area contributed by atoms with Crippen LogP contribution >= 0.6 is 0 Å². The number of hydrogen-bond donors (Lipinski definition) is 0. The van der Waals surface area contributed by atoms with E-state index in [-0.39, 0.29) is 0 Å². The lowest BCUT2D eigenvalue weighted by Gasteiger charge is -2.20. The molecule has 0 radical (unpaired) electrons. The van der Waals surface area contributed by atoms with Gasteiger partial charge >= 0.3 is 0 Å². The third-order valence-electron chi connectivity index (χ3n) is 5.21. The Balaban J connectivity index is 1.68. The summed E-state index contributed by atoms with van der Waals surface area (Å²) in [5.41, 5.74) is 4.57. The molecule has 1 unspecified atom stereocenters. The molecule has 1 aliphatic heterocycles. The van der Waals surface area contributed by atoms with Gasteiger partial charge in [0.1, 0.15) is 0 Å². The Morgan fingerprint density at radius 3 is 2.56 bits per heavy atom. The minimum Gasteiger partial charge on any atom is -0.330 e. The maximum absolute atomic E-state index is 4.76. The van der Waals surface area contributed by atoms with Gasteiger partial charge in [-0.2, -0.15) is 0 Å². The van der Waals surface area contributed by atoms with Crippen LogP contribution < -0.4 is 0 Å². The summed E-state index contributed by atoms with van der Waals surface area (Å²) in [5.74, 6) is 0. The van der Waals surface area contributed by atoms with Crippen molar-refractivity contribution in [2.45, 2.75) is 31.8 Å². The molecule has 0 saturated carbocycles. The minimum absolute atomic E-state index is 0.688. The van der Waals surface area contributed by atoms with Crippen molar-refractivity contribution < 1.29 is 0 Å². The van der Waals surface area contributed by atoms with E-state index in [4.69, 9.17) is 4.98 Å². The van der Waals surface area contributed by atoms with E-state index in [0.29, 0.717) is 6.04 Å². The Kier molecular flexibility index (Phi) is 4.61. The summed E-state index contributed by atoms with van der Waals surface area (Å²) in [5, 5.41) is 0. The Morgan fingerprint density at radius 1 is 1.04 bits per heavy atom. The summed E-state index contributed by atoms with van der Waals surface area (Å²) in [6, 6.07) is 15.3. The number of nitrogens with zero attached hydrogens (tertiary/aromatic N) is 4. The molecule has 0 aliphatic carbocycles. The number of aromatic nitrogens is 3. The zero-order chi connectivity index (χ0) is 17.1. The van der Waals surface area contributed by atoms with Gasteiger partial charge in [0.15, 0.2) is 0 Å². The maximum atomic E-state index is 4.76. The highest BCUT2D eigenvalue weighted by Gasteiger charge is 2.21. The normalized spacial score (nSPS) is 17.9. The van der Waals surface area contributed by atoms with Gasteiger partial charge in [-0.3, -0.25) is 4.98 Å². The van der Waals surface area contributed by atoms with Crippen LogP contribution in [0, 0.1) is 0 Å². The molecule has 1 saturated heterocycles. The topological polar surface area (TPSA) is 34.0 Å². The molecule has 0 spiro atoms. The SMILES string of the molecule is CN1CCCC1CCn1cnc(-c2ccccc2)c1-c1ccncc1.